The summed E-state index contributed by atoms with van der Waals surface area (Å²) in [6, 6.07) is 14.1. The van der Waals surface area contributed by atoms with Gasteiger partial charge in [0.2, 0.25) is 0 Å². The number of imidazole rings is 1. The van der Waals surface area contributed by atoms with Gasteiger partial charge in [-0.1, -0.05) is 12.1 Å². The maximum Gasteiger partial charge on any atom is 0.270 e. The topological polar surface area (TPSA) is 95.6 Å². The van der Waals surface area contributed by atoms with Crippen molar-refractivity contribution in [2.24, 2.45) is 0 Å². The van der Waals surface area contributed by atoms with Crippen LogP contribution in [0.4, 0.5) is 5.69 Å². The summed E-state index contributed by atoms with van der Waals surface area (Å²) in [6.07, 6.45) is 1.66. The Balaban J connectivity index is 1.89. The first-order valence-electron chi connectivity index (χ1n) is 6.75. The second kappa shape index (κ2) is 6.86. The van der Waals surface area contributed by atoms with Gasteiger partial charge < -0.3 is 4.98 Å². The number of nitro groups is 1. The lowest BCUT2D eigenvalue weighted by atomic mass is 10.2. The van der Waals surface area contributed by atoms with E-state index >= 15 is 0 Å². The highest BCUT2D eigenvalue weighted by atomic mass is 79.9. The van der Waals surface area contributed by atoms with Gasteiger partial charge in [0, 0.05) is 16.6 Å². The number of rotatable bonds is 4. The molecule has 1 heterocycles. The molecule has 3 rings (SSSR count). The summed E-state index contributed by atoms with van der Waals surface area (Å²) in [5, 5.41) is 20.7. The van der Waals surface area contributed by atoms with E-state index in [9.17, 15) is 15.4 Å². The molecule has 1 aromatic heterocycles. The normalized spacial score (nSPS) is 11.4. The first-order chi connectivity index (χ1) is 11.6. The molecule has 0 spiro atoms. The zero-order chi connectivity index (χ0) is 17.1. The highest BCUT2D eigenvalue weighted by Gasteiger charge is 2.10. The molecule has 0 amide bonds. The fourth-order valence-corrected chi connectivity index (χ4v) is 3.28. The molecule has 0 aliphatic rings. The minimum atomic E-state index is -0.466. The average Bonchev–Trinajstić information content (AvgIpc) is 2.98. The van der Waals surface area contributed by atoms with Crippen molar-refractivity contribution in [2.75, 3.05) is 0 Å². The van der Waals surface area contributed by atoms with Gasteiger partial charge in [-0.3, -0.25) is 10.1 Å². The fraction of sp³-hybridized carbons (Fsp3) is 0. The first-order valence-corrected chi connectivity index (χ1v) is 8.36. The third-order valence-electron chi connectivity index (χ3n) is 3.17. The first kappa shape index (κ1) is 16.2. The zero-order valence-corrected chi connectivity index (χ0v) is 14.5. The van der Waals surface area contributed by atoms with Crippen molar-refractivity contribution < 1.29 is 4.92 Å². The number of non-ortho nitro benzene ring substituents is 1. The molecule has 3 aromatic rings. The molecule has 0 aliphatic carbocycles. The van der Waals surface area contributed by atoms with Crippen molar-refractivity contribution in [3.63, 3.8) is 0 Å². The monoisotopic (exact) mass is 400 g/mol. The van der Waals surface area contributed by atoms with Gasteiger partial charge in [-0.15, -0.1) is 0 Å². The molecule has 0 radical (unpaired) electrons. The molecule has 0 saturated carbocycles. The van der Waals surface area contributed by atoms with Crippen LogP contribution in [0, 0.1) is 21.4 Å². The summed E-state index contributed by atoms with van der Waals surface area (Å²) in [5.74, 6) is 0. The van der Waals surface area contributed by atoms with E-state index < -0.39 is 4.92 Å². The molecule has 24 heavy (non-hydrogen) atoms. The summed E-state index contributed by atoms with van der Waals surface area (Å²) in [7, 11) is 0. The molecule has 118 valence electrons. The lowest BCUT2D eigenvalue weighted by Crippen LogP contribution is -1.88. The number of hydrogen-bond acceptors (Lipinski definition) is 5. The Kier molecular flexibility index (Phi) is 4.64. The zero-order valence-electron chi connectivity index (χ0n) is 12.1. The van der Waals surface area contributed by atoms with Crippen LogP contribution in [0.25, 0.3) is 17.1 Å². The van der Waals surface area contributed by atoms with Crippen molar-refractivity contribution in [3.05, 3.63) is 67.5 Å². The molecule has 0 unspecified atom stereocenters. The number of nitrogens with one attached hydrogen (secondary N) is 1. The van der Waals surface area contributed by atoms with Crippen molar-refractivity contribution in [3.8, 4) is 6.07 Å². The van der Waals surface area contributed by atoms with Gasteiger partial charge >= 0.3 is 0 Å². The Hall–Kier alpha value is -2.63. The number of fused-ring (bicyclic) bond motifs is 1. The van der Waals surface area contributed by atoms with E-state index in [4.69, 9.17) is 0 Å². The molecular weight excluding hydrogens is 392 g/mol. The van der Waals surface area contributed by atoms with Crippen molar-refractivity contribution >= 4 is 50.5 Å². The van der Waals surface area contributed by atoms with E-state index in [1.165, 1.54) is 23.9 Å². The van der Waals surface area contributed by atoms with Crippen molar-refractivity contribution in [2.45, 2.75) is 5.16 Å². The Morgan fingerprint density at radius 1 is 1.38 bits per heavy atom. The number of halogens is 1. The summed E-state index contributed by atoms with van der Waals surface area (Å²) < 4.78 is 0.551. The van der Waals surface area contributed by atoms with Gasteiger partial charge in [0.05, 0.1) is 20.9 Å². The second-order valence-corrected chi connectivity index (χ2v) is 6.63. The number of nitriles is 1. The molecule has 0 saturated heterocycles. The van der Waals surface area contributed by atoms with E-state index in [1.54, 1.807) is 12.1 Å². The minimum absolute atomic E-state index is 0.0116. The van der Waals surface area contributed by atoms with Gasteiger partial charge in [0.15, 0.2) is 5.16 Å². The SMILES string of the molecule is N#C/C(=C\c1ccc([N+](=O)[O-])cc1Br)Sc1nc2ccccc2[nH]1. The lowest BCUT2D eigenvalue weighted by Gasteiger charge is -2.00. The summed E-state index contributed by atoms with van der Waals surface area (Å²) >= 11 is 4.50. The van der Waals surface area contributed by atoms with E-state index in [0.717, 1.165) is 11.0 Å². The molecule has 0 bridgehead atoms. The van der Waals surface area contributed by atoms with Crippen LogP contribution >= 0.6 is 27.7 Å². The maximum atomic E-state index is 10.8. The predicted octanol–water partition coefficient (Wildman–Crippen LogP) is 4.89. The van der Waals surface area contributed by atoms with Crippen LogP contribution in [-0.4, -0.2) is 14.9 Å². The van der Waals surface area contributed by atoms with Crippen LogP contribution in [0.15, 0.2) is 57.0 Å². The third-order valence-corrected chi connectivity index (χ3v) is 4.67. The van der Waals surface area contributed by atoms with Crippen LogP contribution in [0.3, 0.4) is 0 Å². The van der Waals surface area contributed by atoms with E-state index in [0.29, 0.717) is 20.1 Å². The molecule has 2 aromatic carbocycles. The summed E-state index contributed by atoms with van der Waals surface area (Å²) in [4.78, 5) is 18.3. The van der Waals surface area contributed by atoms with Gasteiger partial charge in [0.1, 0.15) is 6.07 Å². The number of para-hydroxylation sites is 2. The lowest BCUT2D eigenvalue weighted by molar-refractivity contribution is -0.384. The Morgan fingerprint density at radius 2 is 2.17 bits per heavy atom. The predicted molar refractivity (Wildman–Crippen MR) is 96.3 cm³/mol. The highest BCUT2D eigenvalue weighted by Crippen LogP contribution is 2.30. The molecule has 0 aliphatic heterocycles. The summed E-state index contributed by atoms with van der Waals surface area (Å²) in [6.45, 7) is 0. The largest absolute Gasteiger partial charge is 0.333 e. The van der Waals surface area contributed by atoms with Crippen LogP contribution in [-0.2, 0) is 0 Å². The quantitative estimate of drug-likeness (QED) is 0.291. The number of thioether (sulfide) groups is 1. The van der Waals surface area contributed by atoms with Crippen molar-refractivity contribution in [1.29, 1.82) is 5.26 Å². The average molecular weight is 401 g/mol. The number of nitrogens with zero attached hydrogens (tertiary/aromatic N) is 3. The van der Waals surface area contributed by atoms with Gasteiger partial charge in [-0.25, -0.2) is 4.98 Å². The van der Waals surface area contributed by atoms with Crippen LogP contribution in [0.1, 0.15) is 5.56 Å². The van der Waals surface area contributed by atoms with E-state index in [1.807, 2.05) is 24.3 Å². The summed E-state index contributed by atoms with van der Waals surface area (Å²) in [5.41, 5.74) is 2.39. The number of benzene rings is 2. The van der Waals surface area contributed by atoms with E-state index in [2.05, 4.69) is 32.0 Å². The number of aromatic nitrogens is 2. The highest BCUT2D eigenvalue weighted by molar-refractivity contribution is 9.10. The van der Waals surface area contributed by atoms with Crippen LogP contribution < -0.4 is 0 Å². The molecular formula is C16H9BrN4O2S. The maximum absolute atomic E-state index is 10.8. The number of allylic oxidation sites excluding steroid dienone is 1. The van der Waals surface area contributed by atoms with Gasteiger partial charge in [0.25, 0.3) is 5.69 Å². The number of aromatic amines is 1. The smallest absolute Gasteiger partial charge is 0.270 e. The number of nitro benzene ring substituents is 1. The molecule has 8 heteroatoms. The van der Waals surface area contributed by atoms with Crippen LogP contribution in [0.5, 0.6) is 0 Å². The molecule has 6 nitrogen and oxygen atoms in total. The molecule has 0 atom stereocenters. The Morgan fingerprint density at radius 3 is 2.83 bits per heavy atom. The Bertz CT molecular complexity index is 974. The standard InChI is InChI=1S/C16H9BrN4O2S/c17-13-8-11(21(22)23)6-5-10(13)7-12(9-18)24-16-19-14-3-1-2-4-15(14)20-16/h1-8H,(H,19,20)/b12-7+. The van der Waals surface area contributed by atoms with Crippen LogP contribution in [0.2, 0.25) is 0 Å². The van der Waals surface area contributed by atoms with E-state index in [-0.39, 0.29) is 5.69 Å². The molecule has 1 N–H and O–H groups in total. The number of hydrogen-bond donors (Lipinski definition) is 1. The third kappa shape index (κ3) is 3.48. The minimum Gasteiger partial charge on any atom is -0.333 e. The van der Waals surface area contributed by atoms with Crippen molar-refractivity contribution in [1.82, 2.24) is 9.97 Å². The number of H-pyrrole nitrogens is 1. The van der Waals surface area contributed by atoms with Gasteiger partial charge in [-0.05, 0) is 57.5 Å². The van der Waals surface area contributed by atoms with Gasteiger partial charge in [-0.2, -0.15) is 5.26 Å². The fourth-order valence-electron chi connectivity index (χ4n) is 2.05. The molecule has 0 fully saturated rings. The Labute approximate surface area is 149 Å². The second-order valence-electron chi connectivity index (χ2n) is 4.74.